The molecule has 0 saturated heterocycles. The Bertz CT molecular complexity index is 890. The third kappa shape index (κ3) is 3.80. The number of thioether (sulfide) groups is 2. The van der Waals surface area contributed by atoms with E-state index >= 15 is 0 Å². The number of benzene rings is 1. The van der Waals surface area contributed by atoms with Gasteiger partial charge in [0.25, 0.3) is 0 Å². The van der Waals surface area contributed by atoms with Gasteiger partial charge in [0.1, 0.15) is 0 Å². The predicted octanol–water partition coefficient (Wildman–Crippen LogP) is 2.96. The van der Waals surface area contributed by atoms with Gasteiger partial charge in [0.05, 0.1) is 11.0 Å². The zero-order valence-electron chi connectivity index (χ0n) is 12.7. The minimum atomic E-state index is -0.396. The third-order valence-corrected chi connectivity index (χ3v) is 6.49. The number of aromatic nitrogens is 3. The number of carbonyl (C=O) groups excluding carboxylic acids is 2. The first-order valence-corrected chi connectivity index (χ1v) is 9.74. The first-order chi connectivity index (χ1) is 11.5. The Morgan fingerprint density at radius 2 is 2.04 bits per heavy atom. The lowest BCUT2D eigenvalue weighted by Gasteiger charge is -2.06. The molecule has 24 heavy (non-hydrogen) atoms. The number of para-hydroxylation sites is 1. The van der Waals surface area contributed by atoms with E-state index in [0.29, 0.717) is 14.2 Å². The van der Waals surface area contributed by atoms with Gasteiger partial charge >= 0.3 is 0 Å². The molecule has 1 amide bonds. The van der Waals surface area contributed by atoms with Crippen molar-refractivity contribution in [1.29, 1.82) is 0 Å². The molecule has 6 nitrogen and oxygen atoms in total. The highest BCUT2D eigenvalue weighted by Crippen LogP contribution is 2.33. The van der Waals surface area contributed by atoms with Crippen LogP contribution >= 0.6 is 34.9 Å². The van der Waals surface area contributed by atoms with Gasteiger partial charge in [-0.1, -0.05) is 53.1 Å². The van der Waals surface area contributed by atoms with Gasteiger partial charge in [-0.3, -0.25) is 9.59 Å². The Balaban J connectivity index is 1.69. The van der Waals surface area contributed by atoms with Gasteiger partial charge < -0.3 is 10.7 Å². The molecule has 0 unspecified atom stereocenters. The van der Waals surface area contributed by atoms with Gasteiger partial charge in [0.2, 0.25) is 5.91 Å². The summed E-state index contributed by atoms with van der Waals surface area (Å²) in [6.07, 6.45) is 1.75. The number of fused-ring (bicyclic) bond motifs is 1. The SMILES string of the molecule is C[C@@H](Sc1nnc(SCC(N)=O)s1)C(=O)c1c[nH]c2ccccc12. The summed E-state index contributed by atoms with van der Waals surface area (Å²) in [7, 11) is 0. The van der Waals surface area contributed by atoms with E-state index in [-0.39, 0.29) is 16.8 Å². The number of rotatable bonds is 7. The number of nitrogens with one attached hydrogen (secondary N) is 1. The lowest BCUT2D eigenvalue weighted by atomic mass is 10.1. The summed E-state index contributed by atoms with van der Waals surface area (Å²) >= 11 is 3.97. The van der Waals surface area contributed by atoms with Gasteiger partial charge in [-0.05, 0) is 13.0 Å². The van der Waals surface area contributed by atoms with Crippen molar-refractivity contribution >= 4 is 57.5 Å². The van der Waals surface area contributed by atoms with Crippen LogP contribution in [-0.2, 0) is 4.79 Å². The van der Waals surface area contributed by atoms with Crippen LogP contribution in [0.3, 0.4) is 0 Å². The van der Waals surface area contributed by atoms with E-state index in [4.69, 9.17) is 5.73 Å². The average molecular weight is 379 g/mol. The maximum atomic E-state index is 12.7. The number of primary amides is 1. The molecule has 0 radical (unpaired) electrons. The zero-order valence-corrected chi connectivity index (χ0v) is 15.1. The number of ketones is 1. The summed E-state index contributed by atoms with van der Waals surface area (Å²) in [5, 5.41) is 8.69. The van der Waals surface area contributed by atoms with Crippen molar-refractivity contribution < 1.29 is 9.59 Å². The topological polar surface area (TPSA) is 102 Å². The number of hydrogen-bond acceptors (Lipinski definition) is 7. The van der Waals surface area contributed by atoms with Crippen molar-refractivity contribution in [1.82, 2.24) is 15.2 Å². The number of Topliss-reactive ketones (excluding diaryl/α,β-unsaturated/α-hetero) is 1. The number of H-pyrrole nitrogens is 1. The van der Waals surface area contributed by atoms with Gasteiger partial charge in [-0.2, -0.15) is 0 Å². The molecule has 1 aromatic carbocycles. The smallest absolute Gasteiger partial charge is 0.227 e. The highest BCUT2D eigenvalue weighted by molar-refractivity contribution is 8.04. The summed E-state index contributed by atoms with van der Waals surface area (Å²) in [5.41, 5.74) is 6.73. The summed E-state index contributed by atoms with van der Waals surface area (Å²) < 4.78 is 1.37. The van der Waals surface area contributed by atoms with Gasteiger partial charge in [-0.25, -0.2) is 0 Å². The number of nitrogens with two attached hydrogens (primary N) is 1. The molecule has 2 heterocycles. The molecular weight excluding hydrogens is 364 g/mol. The molecule has 3 aromatic rings. The van der Waals surface area contributed by atoms with Crippen molar-refractivity contribution in [2.45, 2.75) is 20.9 Å². The minimum absolute atomic E-state index is 0.0407. The van der Waals surface area contributed by atoms with Crippen LogP contribution in [-0.4, -0.2) is 37.9 Å². The monoisotopic (exact) mass is 378 g/mol. The first-order valence-electron chi connectivity index (χ1n) is 7.06. The van der Waals surface area contributed by atoms with Crippen molar-refractivity contribution in [3.05, 3.63) is 36.0 Å². The molecule has 0 bridgehead atoms. The maximum absolute atomic E-state index is 12.7. The van der Waals surface area contributed by atoms with E-state index in [2.05, 4.69) is 15.2 Å². The van der Waals surface area contributed by atoms with Crippen molar-refractivity contribution in [3.63, 3.8) is 0 Å². The molecule has 3 rings (SSSR count). The van der Waals surface area contributed by atoms with Crippen molar-refractivity contribution in [3.8, 4) is 0 Å². The Morgan fingerprint density at radius 1 is 1.29 bits per heavy atom. The summed E-state index contributed by atoms with van der Waals surface area (Å²) in [4.78, 5) is 26.6. The number of carbonyl (C=O) groups is 2. The first kappa shape index (κ1) is 17.0. The van der Waals surface area contributed by atoms with Gasteiger partial charge in [0, 0.05) is 22.7 Å². The molecule has 9 heteroatoms. The zero-order chi connectivity index (χ0) is 17.1. The molecule has 0 aliphatic heterocycles. The fourth-order valence-corrected chi connectivity index (χ4v) is 5.11. The Kier molecular flexibility index (Phi) is 5.22. The number of aromatic amines is 1. The molecule has 124 valence electrons. The lowest BCUT2D eigenvalue weighted by molar-refractivity contribution is -0.115. The predicted molar refractivity (Wildman–Crippen MR) is 97.8 cm³/mol. The van der Waals surface area contributed by atoms with Crippen LogP contribution in [0.4, 0.5) is 0 Å². The highest BCUT2D eigenvalue weighted by atomic mass is 32.2. The molecule has 0 fully saturated rings. The van der Waals surface area contributed by atoms with E-state index in [9.17, 15) is 9.59 Å². The molecule has 0 aliphatic rings. The van der Waals surface area contributed by atoms with E-state index in [0.717, 1.165) is 10.9 Å². The molecule has 0 aliphatic carbocycles. The van der Waals surface area contributed by atoms with Gasteiger partial charge in [-0.15, -0.1) is 10.2 Å². The number of nitrogens with zero attached hydrogens (tertiary/aromatic N) is 2. The van der Waals surface area contributed by atoms with Crippen LogP contribution in [0, 0.1) is 0 Å². The normalized spacial score (nSPS) is 12.4. The minimum Gasteiger partial charge on any atom is -0.369 e. The van der Waals surface area contributed by atoms with Crippen LogP contribution in [0.15, 0.2) is 39.1 Å². The fourth-order valence-electron chi connectivity index (χ4n) is 2.14. The Labute approximate surface area is 150 Å². The number of amides is 1. The van der Waals surface area contributed by atoms with E-state index in [1.807, 2.05) is 31.2 Å². The molecule has 0 spiro atoms. The van der Waals surface area contributed by atoms with Gasteiger partial charge in [0.15, 0.2) is 14.5 Å². The van der Waals surface area contributed by atoms with Crippen LogP contribution in [0.2, 0.25) is 0 Å². The standard InChI is InChI=1S/C15H14N4O2S3/c1-8(23-15-19-18-14(24-15)22-7-12(16)20)13(21)10-6-17-11-5-3-2-4-9(10)11/h2-6,8,17H,7H2,1H3,(H2,16,20)/t8-/m1/s1. The van der Waals surface area contributed by atoms with Crippen molar-refractivity contribution in [2.24, 2.45) is 5.73 Å². The highest BCUT2D eigenvalue weighted by Gasteiger charge is 2.21. The quantitative estimate of drug-likeness (QED) is 0.484. The third-order valence-electron chi connectivity index (χ3n) is 3.23. The summed E-state index contributed by atoms with van der Waals surface area (Å²) in [6.45, 7) is 1.85. The molecule has 0 saturated carbocycles. The van der Waals surface area contributed by atoms with E-state index < -0.39 is 5.91 Å². The Morgan fingerprint density at radius 3 is 2.83 bits per heavy atom. The van der Waals surface area contributed by atoms with Crippen LogP contribution < -0.4 is 5.73 Å². The second-order valence-electron chi connectivity index (χ2n) is 4.96. The molecule has 3 N–H and O–H groups in total. The van der Waals surface area contributed by atoms with E-state index in [1.165, 1.54) is 34.9 Å². The number of hydrogen-bond donors (Lipinski definition) is 2. The van der Waals surface area contributed by atoms with Crippen LogP contribution in [0.1, 0.15) is 17.3 Å². The molecular formula is C15H14N4O2S3. The van der Waals surface area contributed by atoms with Crippen molar-refractivity contribution in [2.75, 3.05) is 5.75 Å². The second kappa shape index (κ2) is 7.37. The molecule has 2 aromatic heterocycles. The van der Waals surface area contributed by atoms with Crippen LogP contribution in [0.25, 0.3) is 10.9 Å². The summed E-state index contributed by atoms with van der Waals surface area (Å²) in [6, 6.07) is 7.71. The average Bonchev–Trinajstić information content (AvgIpc) is 3.18. The fraction of sp³-hybridized carbons (Fsp3) is 0.200. The second-order valence-corrected chi connectivity index (χ2v) is 8.75. The molecule has 1 atom stereocenters. The largest absolute Gasteiger partial charge is 0.369 e. The lowest BCUT2D eigenvalue weighted by Crippen LogP contribution is -2.12. The Hall–Kier alpha value is -1.84. The maximum Gasteiger partial charge on any atom is 0.227 e. The van der Waals surface area contributed by atoms with Crippen LogP contribution in [0.5, 0.6) is 0 Å². The summed E-state index contributed by atoms with van der Waals surface area (Å²) in [5.74, 6) is -0.186. The van der Waals surface area contributed by atoms with E-state index in [1.54, 1.807) is 6.20 Å².